The number of halogens is 2. The van der Waals surface area contributed by atoms with E-state index in [1.807, 2.05) is 24.3 Å². The van der Waals surface area contributed by atoms with Gasteiger partial charge in [0, 0.05) is 22.1 Å². The third kappa shape index (κ3) is 7.25. The van der Waals surface area contributed by atoms with Crippen molar-refractivity contribution in [3.8, 4) is 0 Å². The Balaban J connectivity index is 1.71. The van der Waals surface area contributed by atoms with Crippen LogP contribution in [0.4, 0.5) is 5.69 Å². The van der Waals surface area contributed by atoms with E-state index in [0.29, 0.717) is 16.3 Å². The minimum atomic E-state index is -4.15. The summed E-state index contributed by atoms with van der Waals surface area (Å²) in [5.74, 6) is -0.764. The Morgan fingerprint density at radius 1 is 1.02 bits per heavy atom. The fraction of sp³-hybridized carbons (Fsp3) is 0.333. The average Bonchev–Trinajstić information content (AvgIpc) is 3.45. The monoisotopic (exact) mass is 645 g/mol. The lowest BCUT2D eigenvalue weighted by Crippen LogP contribution is -2.52. The molecule has 1 atom stereocenters. The van der Waals surface area contributed by atoms with Crippen molar-refractivity contribution >= 4 is 55.1 Å². The van der Waals surface area contributed by atoms with Crippen molar-refractivity contribution in [1.29, 1.82) is 0 Å². The van der Waals surface area contributed by atoms with Gasteiger partial charge in [0.05, 0.1) is 10.6 Å². The van der Waals surface area contributed by atoms with Crippen molar-refractivity contribution in [3.63, 3.8) is 0 Å². The number of nitrogens with zero attached hydrogens (tertiary/aromatic N) is 2. The number of hydrogen-bond acceptors (Lipinski definition) is 4. The first kappa shape index (κ1) is 30.1. The highest BCUT2D eigenvalue weighted by atomic mass is 79.9. The van der Waals surface area contributed by atoms with Gasteiger partial charge in [0.25, 0.3) is 10.0 Å². The average molecular weight is 647 g/mol. The Morgan fingerprint density at radius 2 is 1.73 bits per heavy atom. The third-order valence-corrected chi connectivity index (χ3v) is 9.66. The molecule has 1 N–H and O–H groups in total. The molecule has 7 nitrogen and oxygen atoms in total. The van der Waals surface area contributed by atoms with Gasteiger partial charge >= 0.3 is 0 Å². The summed E-state index contributed by atoms with van der Waals surface area (Å²) in [6.45, 7) is 3.07. The van der Waals surface area contributed by atoms with E-state index in [4.69, 9.17) is 11.6 Å². The van der Waals surface area contributed by atoms with Crippen molar-refractivity contribution in [2.75, 3.05) is 10.8 Å². The maximum atomic E-state index is 14.1. The van der Waals surface area contributed by atoms with Crippen LogP contribution in [0.25, 0.3) is 0 Å². The largest absolute Gasteiger partial charge is 0.352 e. The molecule has 1 unspecified atom stereocenters. The Hall–Kier alpha value is -2.88. The van der Waals surface area contributed by atoms with Crippen LogP contribution in [-0.4, -0.2) is 43.8 Å². The minimum Gasteiger partial charge on any atom is -0.352 e. The summed E-state index contributed by atoms with van der Waals surface area (Å²) in [5.41, 5.74) is 1.75. The van der Waals surface area contributed by atoms with E-state index in [-0.39, 0.29) is 23.4 Å². The summed E-state index contributed by atoms with van der Waals surface area (Å²) in [7, 11) is -4.15. The molecule has 3 aromatic rings. The van der Waals surface area contributed by atoms with E-state index >= 15 is 0 Å². The van der Waals surface area contributed by atoms with E-state index in [0.717, 1.165) is 40.0 Å². The predicted octanol–water partition coefficient (Wildman–Crippen LogP) is 6.08. The molecule has 3 aromatic carbocycles. The van der Waals surface area contributed by atoms with Crippen molar-refractivity contribution in [2.45, 2.75) is 63.1 Å². The molecule has 0 bridgehead atoms. The number of aryl methyl sites for hydroxylation is 1. The van der Waals surface area contributed by atoms with Gasteiger partial charge in [-0.15, -0.1) is 0 Å². The quantitative estimate of drug-likeness (QED) is 0.289. The molecule has 0 saturated heterocycles. The molecular formula is C30H33BrClN3O4S. The minimum absolute atomic E-state index is 0.0488. The lowest BCUT2D eigenvalue weighted by Gasteiger charge is -2.33. The van der Waals surface area contributed by atoms with Crippen molar-refractivity contribution < 1.29 is 18.0 Å². The molecule has 10 heteroatoms. The fourth-order valence-corrected chi connectivity index (χ4v) is 7.00. The van der Waals surface area contributed by atoms with Crippen molar-refractivity contribution in [2.24, 2.45) is 0 Å². The molecule has 4 rings (SSSR count). The molecule has 0 radical (unpaired) electrons. The zero-order chi connectivity index (χ0) is 28.9. The van der Waals surface area contributed by atoms with Crippen LogP contribution in [-0.2, 0) is 26.2 Å². The molecule has 0 aliphatic heterocycles. The van der Waals surface area contributed by atoms with Gasteiger partial charge in [0.15, 0.2) is 0 Å². The Labute approximate surface area is 249 Å². The smallest absolute Gasteiger partial charge is 0.264 e. The van der Waals surface area contributed by atoms with E-state index < -0.39 is 28.5 Å². The third-order valence-electron chi connectivity index (χ3n) is 7.16. The van der Waals surface area contributed by atoms with Gasteiger partial charge in [0.1, 0.15) is 12.6 Å². The number of anilines is 1. The van der Waals surface area contributed by atoms with Gasteiger partial charge in [0.2, 0.25) is 11.8 Å². The number of carbonyl (C=O) groups is 2. The molecule has 0 spiro atoms. The highest BCUT2D eigenvalue weighted by Crippen LogP contribution is 2.30. The zero-order valence-corrected chi connectivity index (χ0v) is 25.7. The summed E-state index contributed by atoms with van der Waals surface area (Å²) in [6, 6.07) is 19.6. The summed E-state index contributed by atoms with van der Waals surface area (Å²) in [5, 5.41) is 3.42. The van der Waals surface area contributed by atoms with E-state index in [2.05, 4.69) is 21.2 Å². The number of carbonyl (C=O) groups excluding carboxylic acids is 2. The topological polar surface area (TPSA) is 86.8 Å². The van der Waals surface area contributed by atoms with Gasteiger partial charge in [-0.3, -0.25) is 13.9 Å². The maximum Gasteiger partial charge on any atom is 0.264 e. The second-order valence-corrected chi connectivity index (χ2v) is 13.3. The van der Waals surface area contributed by atoms with Gasteiger partial charge < -0.3 is 10.2 Å². The van der Waals surface area contributed by atoms with E-state index in [1.54, 1.807) is 50.2 Å². The van der Waals surface area contributed by atoms with Crippen LogP contribution in [0.15, 0.2) is 82.2 Å². The van der Waals surface area contributed by atoms with Crippen LogP contribution in [0.3, 0.4) is 0 Å². The summed E-state index contributed by atoms with van der Waals surface area (Å²) in [4.78, 5) is 28.9. The highest BCUT2D eigenvalue weighted by molar-refractivity contribution is 9.10. The first-order valence-electron chi connectivity index (χ1n) is 13.2. The maximum absolute atomic E-state index is 14.1. The molecule has 1 aliphatic carbocycles. The number of nitrogens with one attached hydrogen (secondary N) is 1. The Kier molecular flexibility index (Phi) is 9.92. The van der Waals surface area contributed by atoms with Crippen molar-refractivity contribution in [3.05, 3.63) is 93.4 Å². The van der Waals surface area contributed by atoms with Crippen LogP contribution in [0.5, 0.6) is 0 Å². The number of amides is 2. The molecule has 40 heavy (non-hydrogen) atoms. The van der Waals surface area contributed by atoms with Crippen molar-refractivity contribution in [1.82, 2.24) is 10.2 Å². The zero-order valence-electron chi connectivity index (χ0n) is 22.5. The molecule has 1 fully saturated rings. The second kappa shape index (κ2) is 13.2. The Morgan fingerprint density at radius 3 is 2.40 bits per heavy atom. The molecular weight excluding hydrogens is 614 g/mol. The van der Waals surface area contributed by atoms with E-state index in [9.17, 15) is 18.0 Å². The van der Waals surface area contributed by atoms with Crippen LogP contribution in [0, 0.1) is 6.92 Å². The van der Waals surface area contributed by atoms with Crippen LogP contribution in [0.1, 0.15) is 43.7 Å². The SMILES string of the molecule is Cc1ccc(Cl)cc1N(CC(=O)N(Cc1cccc(Br)c1)C(C)C(=O)NC1CCCC1)S(=O)(=O)c1ccccc1. The summed E-state index contributed by atoms with van der Waals surface area (Å²) < 4.78 is 29.8. The molecule has 1 saturated carbocycles. The lowest BCUT2D eigenvalue weighted by molar-refractivity contribution is -0.139. The number of benzene rings is 3. The lowest BCUT2D eigenvalue weighted by atomic mass is 10.1. The molecule has 1 aliphatic rings. The first-order valence-corrected chi connectivity index (χ1v) is 15.9. The second-order valence-electron chi connectivity index (χ2n) is 10.1. The highest BCUT2D eigenvalue weighted by Gasteiger charge is 2.34. The van der Waals surface area contributed by atoms with Crippen LogP contribution in [0.2, 0.25) is 5.02 Å². The fourth-order valence-electron chi connectivity index (χ4n) is 4.89. The van der Waals surface area contributed by atoms with Crippen LogP contribution >= 0.6 is 27.5 Å². The number of sulfonamides is 1. The summed E-state index contributed by atoms with van der Waals surface area (Å²) >= 11 is 9.75. The first-order chi connectivity index (χ1) is 19.1. The van der Waals surface area contributed by atoms with Gasteiger partial charge in [-0.05, 0) is 74.2 Å². The molecule has 212 valence electrons. The van der Waals surface area contributed by atoms with Gasteiger partial charge in [-0.25, -0.2) is 8.42 Å². The summed E-state index contributed by atoms with van der Waals surface area (Å²) in [6.07, 6.45) is 3.95. The molecule has 0 heterocycles. The number of rotatable bonds is 10. The standard InChI is InChI=1S/C30H33BrClN3O4S/c1-21-15-16-25(32)18-28(21)35(40(38,39)27-13-4-3-5-14-27)20-29(36)34(19-23-9-8-10-24(31)17-23)22(2)30(37)33-26-11-6-7-12-26/h3-5,8-10,13-18,22,26H,6-7,11-12,19-20H2,1-2H3,(H,33,37). The van der Waals surface area contributed by atoms with Gasteiger partial charge in [-0.2, -0.15) is 0 Å². The normalized spacial score (nSPS) is 14.5. The molecule has 2 amide bonds. The van der Waals surface area contributed by atoms with Gasteiger partial charge in [-0.1, -0.05) is 76.8 Å². The van der Waals surface area contributed by atoms with E-state index in [1.165, 1.54) is 17.0 Å². The Bertz CT molecular complexity index is 1460. The predicted molar refractivity (Wildman–Crippen MR) is 162 cm³/mol. The van der Waals surface area contributed by atoms with Crippen LogP contribution < -0.4 is 9.62 Å². The molecule has 0 aromatic heterocycles. The number of hydrogen-bond donors (Lipinski definition) is 1.